The fourth-order valence-corrected chi connectivity index (χ4v) is 4.29. The minimum atomic E-state index is -0.640. The second-order valence-corrected chi connectivity index (χ2v) is 8.01. The minimum Gasteiger partial charge on any atom is -0.462 e. The van der Waals surface area contributed by atoms with E-state index in [1.165, 1.54) is 22.9 Å². The number of esters is 1. The van der Waals surface area contributed by atoms with Crippen LogP contribution < -0.4 is 5.32 Å². The van der Waals surface area contributed by atoms with Crippen LogP contribution in [-0.2, 0) is 22.4 Å². The van der Waals surface area contributed by atoms with Gasteiger partial charge in [0.05, 0.1) is 11.5 Å². The maximum Gasteiger partial charge on any atom is 0.348 e. The standard InChI is InChI=1S/C22H22N2O3S/c1-3-27-22(26)17(13-23)11-15-5-7-18(8-6-15)24-21(25)20-12-16-10-14(2)4-9-19(16)28-20/h5-8,11-12,14H,3-4,9-10H2,1-2H3,(H,24,25)/b17-11-. The molecule has 0 saturated carbocycles. The van der Waals surface area contributed by atoms with E-state index in [0.717, 1.165) is 17.7 Å². The van der Waals surface area contributed by atoms with E-state index < -0.39 is 5.97 Å². The van der Waals surface area contributed by atoms with Gasteiger partial charge in [-0.05, 0) is 67.5 Å². The average molecular weight is 394 g/mol. The molecule has 1 aromatic carbocycles. The van der Waals surface area contributed by atoms with Gasteiger partial charge in [-0.1, -0.05) is 19.1 Å². The number of fused-ring (bicyclic) bond motifs is 1. The molecule has 1 aliphatic carbocycles. The van der Waals surface area contributed by atoms with E-state index in [2.05, 4.69) is 12.2 Å². The summed E-state index contributed by atoms with van der Waals surface area (Å²) in [6.07, 6.45) is 4.75. The number of amides is 1. The SMILES string of the molecule is CCOC(=O)/C(C#N)=C\c1ccc(NC(=O)c2cc3c(s2)CCC(C)C3)cc1. The Labute approximate surface area is 168 Å². The first-order valence-corrected chi connectivity index (χ1v) is 10.1. The number of carbonyl (C=O) groups is 2. The Hall–Kier alpha value is -2.91. The molecule has 0 spiro atoms. The molecule has 6 heteroatoms. The van der Waals surface area contributed by atoms with Gasteiger partial charge in [0.15, 0.2) is 0 Å². The molecular weight excluding hydrogens is 372 g/mol. The van der Waals surface area contributed by atoms with Gasteiger partial charge in [-0.3, -0.25) is 4.79 Å². The largest absolute Gasteiger partial charge is 0.462 e. The number of rotatable bonds is 5. The van der Waals surface area contributed by atoms with Crippen LogP contribution in [0.2, 0.25) is 0 Å². The molecule has 1 amide bonds. The molecule has 28 heavy (non-hydrogen) atoms. The summed E-state index contributed by atoms with van der Waals surface area (Å²) in [6, 6.07) is 10.8. The molecule has 3 rings (SSSR count). The topological polar surface area (TPSA) is 79.2 Å². The number of nitriles is 1. The second-order valence-electron chi connectivity index (χ2n) is 6.87. The smallest absolute Gasteiger partial charge is 0.348 e. The normalized spacial score (nSPS) is 16.0. The number of hydrogen-bond donors (Lipinski definition) is 1. The molecule has 1 N–H and O–H groups in total. The molecule has 2 aromatic rings. The van der Waals surface area contributed by atoms with Gasteiger partial charge in [-0.25, -0.2) is 4.79 Å². The molecule has 5 nitrogen and oxygen atoms in total. The van der Waals surface area contributed by atoms with Crippen molar-refractivity contribution >= 4 is 35.0 Å². The van der Waals surface area contributed by atoms with Crippen LogP contribution in [0.15, 0.2) is 35.9 Å². The van der Waals surface area contributed by atoms with Crippen molar-refractivity contribution in [2.75, 3.05) is 11.9 Å². The van der Waals surface area contributed by atoms with Crippen LogP contribution in [0.1, 0.15) is 45.9 Å². The summed E-state index contributed by atoms with van der Waals surface area (Å²) < 4.78 is 4.85. The number of nitrogens with one attached hydrogen (secondary N) is 1. The molecule has 1 aromatic heterocycles. The first kappa shape index (κ1) is 19.8. The van der Waals surface area contributed by atoms with Gasteiger partial charge >= 0.3 is 5.97 Å². The van der Waals surface area contributed by atoms with Crippen LogP contribution in [0.3, 0.4) is 0 Å². The van der Waals surface area contributed by atoms with Crippen molar-refractivity contribution in [2.24, 2.45) is 5.92 Å². The van der Waals surface area contributed by atoms with Gasteiger partial charge in [-0.2, -0.15) is 5.26 Å². The van der Waals surface area contributed by atoms with Crippen molar-refractivity contribution < 1.29 is 14.3 Å². The molecule has 1 unspecified atom stereocenters. The number of nitrogens with zero attached hydrogens (tertiary/aromatic N) is 1. The lowest BCUT2D eigenvalue weighted by molar-refractivity contribution is -0.137. The molecule has 1 aliphatic rings. The van der Waals surface area contributed by atoms with Crippen molar-refractivity contribution in [2.45, 2.75) is 33.1 Å². The Balaban J connectivity index is 1.68. The fraction of sp³-hybridized carbons (Fsp3) is 0.318. The Bertz CT molecular complexity index is 951. The van der Waals surface area contributed by atoms with E-state index in [0.29, 0.717) is 17.2 Å². The van der Waals surface area contributed by atoms with Crippen molar-refractivity contribution in [3.8, 4) is 6.07 Å². The van der Waals surface area contributed by atoms with Gasteiger partial charge in [-0.15, -0.1) is 11.3 Å². The van der Waals surface area contributed by atoms with Crippen LogP contribution in [0, 0.1) is 17.2 Å². The van der Waals surface area contributed by atoms with E-state index in [9.17, 15) is 9.59 Å². The Morgan fingerprint density at radius 3 is 2.79 bits per heavy atom. The summed E-state index contributed by atoms with van der Waals surface area (Å²) in [7, 11) is 0. The molecular formula is C22H22N2O3S. The maximum absolute atomic E-state index is 12.6. The highest BCUT2D eigenvalue weighted by atomic mass is 32.1. The third-order valence-electron chi connectivity index (χ3n) is 4.65. The summed E-state index contributed by atoms with van der Waals surface area (Å²) in [5.74, 6) is -0.0792. The second kappa shape index (κ2) is 8.85. The molecule has 0 fully saturated rings. The molecule has 0 aliphatic heterocycles. The van der Waals surface area contributed by atoms with E-state index in [4.69, 9.17) is 10.00 Å². The van der Waals surface area contributed by atoms with E-state index in [1.54, 1.807) is 42.5 Å². The van der Waals surface area contributed by atoms with Crippen LogP contribution in [0.4, 0.5) is 5.69 Å². The molecule has 1 atom stereocenters. The maximum atomic E-state index is 12.6. The number of thiophene rings is 1. The van der Waals surface area contributed by atoms with Crippen LogP contribution in [-0.4, -0.2) is 18.5 Å². The van der Waals surface area contributed by atoms with Gasteiger partial charge in [0.1, 0.15) is 11.6 Å². The number of ether oxygens (including phenoxy) is 1. The first-order chi connectivity index (χ1) is 13.5. The first-order valence-electron chi connectivity index (χ1n) is 9.32. The summed E-state index contributed by atoms with van der Waals surface area (Å²) in [4.78, 5) is 26.3. The summed E-state index contributed by atoms with van der Waals surface area (Å²) in [6.45, 7) is 4.15. The van der Waals surface area contributed by atoms with Gasteiger partial charge in [0, 0.05) is 10.6 Å². The number of hydrogen-bond acceptors (Lipinski definition) is 5. The lowest BCUT2D eigenvalue weighted by Crippen LogP contribution is -2.10. The molecule has 0 bridgehead atoms. The monoisotopic (exact) mass is 394 g/mol. The zero-order valence-corrected chi connectivity index (χ0v) is 16.8. The predicted octanol–water partition coefficient (Wildman–Crippen LogP) is 4.60. The lowest BCUT2D eigenvalue weighted by atomic mass is 9.90. The number of carbonyl (C=O) groups excluding carboxylic acids is 2. The highest BCUT2D eigenvalue weighted by Gasteiger charge is 2.20. The predicted molar refractivity (Wildman–Crippen MR) is 110 cm³/mol. The number of anilines is 1. The van der Waals surface area contributed by atoms with E-state index >= 15 is 0 Å². The Morgan fingerprint density at radius 1 is 1.36 bits per heavy atom. The van der Waals surface area contributed by atoms with Crippen LogP contribution in [0.25, 0.3) is 6.08 Å². The van der Waals surface area contributed by atoms with Crippen LogP contribution >= 0.6 is 11.3 Å². The zero-order valence-electron chi connectivity index (χ0n) is 16.0. The number of benzene rings is 1. The summed E-state index contributed by atoms with van der Waals surface area (Å²) in [5, 5.41) is 12.0. The summed E-state index contributed by atoms with van der Waals surface area (Å²) >= 11 is 1.58. The Morgan fingerprint density at radius 2 is 2.11 bits per heavy atom. The third kappa shape index (κ3) is 4.68. The lowest BCUT2D eigenvalue weighted by Gasteiger charge is -2.16. The van der Waals surface area contributed by atoms with Crippen LogP contribution in [0.5, 0.6) is 0 Å². The highest BCUT2D eigenvalue weighted by molar-refractivity contribution is 7.14. The number of aryl methyl sites for hydroxylation is 1. The average Bonchev–Trinajstić information content (AvgIpc) is 3.11. The fourth-order valence-electron chi connectivity index (χ4n) is 3.19. The quantitative estimate of drug-likeness (QED) is 0.457. The third-order valence-corrected chi connectivity index (χ3v) is 5.88. The van der Waals surface area contributed by atoms with Crippen molar-refractivity contribution in [3.05, 3.63) is 56.8 Å². The molecule has 0 saturated heterocycles. The van der Waals surface area contributed by atoms with E-state index in [-0.39, 0.29) is 18.1 Å². The molecule has 0 radical (unpaired) electrons. The van der Waals surface area contributed by atoms with Crippen molar-refractivity contribution in [1.82, 2.24) is 0 Å². The van der Waals surface area contributed by atoms with Crippen molar-refractivity contribution in [3.63, 3.8) is 0 Å². The zero-order chi connectivity index (χ0) is 20.1. The van der Waals surface area contributed by atoms with Gasteiger partial charge in [0.25, 0.3) is 5.91 Å². The highest BCUT2D eigenvalue weighted by Crippen LogP contribution is 2.32. The van der Waals surface area contributed by atoms with Crippen molar-refractivity contribution in [1.29, 1.82) is 5.26 Å². The minimum absolute atomic E-state index is 0.0583. The molecule has 144 valence electrons. The summed E-state index contributed by atoms with van der Waals surface area (Å²) in [5.41, 5.74) is 2.59. The molecule has 1 heterocycles. The van der Waals surface area contributed by atoms with Gasteiger partial charge in [0.2, 0.25) is 0 Å². The van der Waals surface area contributed by atoms with Gasteiger partial charge < -0.3 is 10.1 Å². The Kier molecular flexibility index (Phi) is 6.27. The van der Waals surface area contributed by atoms with E-state index in [1.807, 2.05) is 12.1 Å².